The van der Waals surface area contributed by atoms with E-state index in [2.05, 4.69) is 15.7 Å². The number of carbonyl (C=O) groups excluding carboxylic acids is 1. The summed E-state index contributed by atoms with van der Waals surface area (Å²) in [5, 5.41) is 2.94. The van der Waals surface area contributed by atoms with Crippen LogP contribution in [0, 0.1) is 0 Å². The van der Waals surface area contributed by atoms with Crippen LogP contribution in [0.5, 0.6) is 0 Å². The topological polar surface area (TPSA) is 65.5 Å². The molecule has 0 atom stereocenters. The summed E-state index contributed by atoms with van der Waals surface area (Å²) >= 11 is 0. The zero-order valence-corrected chi connectivity index (χ0v) is 7.82. The Labute approximate surface area is 84.1 Å². The Morgan fingerprint density at radius 2 is 2.27 bits per heavy atom. The number of carbonyl (C=O) groups is 1. The predicted molar refractivity (Wildman–Crippen MR) is 47.1 cm³/mol. The molecular formula is C7H11F3N4O. The SMILES string of the molecule is O=C(CC(F)(F)F)NNC1=NCCNC1. The van der Waals surface area contributed by atoms with Gasteiger partial charge in [0, 0.05) is 6.54 Å². The number of aliphatic imine (C=N–C) groups is 1. The van der Waals surface area contributed by atoms with Crippen LogP contribution >= 0.6 is 0 Å². The molecular weight excluding hydrogens is 213 g/mol. The van der Waals surface area contributed by atoms with Gasteiger partial charge in [0.25, 0.3) is 0 Å². The lowest BCUT2D eigenvalue weighted by molar-refractivity contribution is -0.154. The Morgan fingerprint density at radius 1 is 1.53 bits per heavy atom. The highest BCUT2D eigenvalue weighted by Gasteiger charge is 2.31. The molecule has 0 saturated heterocycles. The third-order valence-electron chi connectivity index (χ3n) is 1.59. The van der Waals surface area contributed by atoms with E-state index in [1.807, 2.05) is 5.43 Å². The molecule has 0 fully saturated rings. The second-order valence-corrected chi connectivity index (χ2v) is 2.97. The van der Waals surface area contributed by atoms with E-state index >= 15 is 0 Å². The lowest BCUT2D eigenvalue weighted by atomic mass is 10.4. The van der Waals surface area contributed by atoms with Crippen molar-refractivity contribution in [1.29, 1.82) is 0 Å². The highest BCUT2D eigenvalue weighted by atomic mass is 19.4. The summed E-state index contributed by atoms with van der Waals surface area (Å²) in [5.41, 5.74) is 4.26. The van der Waals surface area contributed by atoms with Crippen LogP contribution in [0.25, 0.3) is 0 Å². The summed E-state index contributed by atoms with van der Waals surface area (Å²) < 4.78 is 35.2. The number of hydrazine groups is 1. The van der Waals surface area contributed by atoms with Crippen LogP contribution in [0.3, 0.4) is 0 Å². The largest absolute Gasteiger partial charge is 0.397 e. The van der Waals surface area contributed by atoms with Crippen molar-refractivity contribution in [2.24, 2.45) is 4.99 Å². The maximum atomic E-state index is 11.7. The van der Waals surface area contributed by atoms with Gasteiger partial charge in [-0.2, -0.15) is 13.2 Å². The van der Waals surface area contributed by atoms with Gasteiger partial charge in [0.1, 0.15) is 12.3 Å². The van der Waals surface area contributed by atoms with Crippen molar-refractivity contribution >= 4 is 11.7 Å². The smallest absolute Gasteiger partial charge is 0.308 e. The van der Waals surface area contributed by atoms with Crippen LogP contribution < -0.4 is 16.2 Å². The number of halogens is 3. The van der Waals surface area contributed by atoms with Crippen LogP contribution in [-0.4, -0.2) is 37.6 Å². The number of amides is 1. The van der Waals surface area contributed by atoms with E-state index < -0.39 is 18.5 Å². The van der Waals surface area contributed by atoms with E-state index in [-0.39, 0.29) is 0 Å². The number of rotatable bonds is 1. The fourth-order valence-corrected chi connectivity index (χ4v) is 0.984. The van der Waals surface area contributed by atoms with Crippen molar-refractivity contribution in [3.05, 3.63) is 0 Å². The van der Waals surface area contributed by atoms with Crippen LogP contribution in [0.15, 0.2) is 4.99 Å². The molecule has 86 valence electrons. The monoisotopic (exact) mass is 224 g/mol. The van der Waals surface area contributed by atoms with Gasteiger partial charge in [-0.1, -0.05) is 0 Å². The second kappa shape index (κ2) is 4.96. The Hall–Kier alpha value is -1.31. The van der Waals surface area contributed by atoms with Gasteiger partial charge in [-0.25, -0.2) is 0 Å². The Morgan fingerprint density at radius 3 is 2.80 bits per heavy atom. The second-order valence-electron chi connectivity index (χ2n) is 2.97. The molecule has 1 heterocycles. The molecule has 3 N–H and O–H groups in total. The summed E-state index contributed by atoms with van der Waals surface area (Å²) in [6.07, 6.45) is -5.99. The fraction of sp³-hybridized carbons (Fsp3) is 0.714. The van der Waals surface area contributed by atoms with Gasteiger partial charge in [-0.05, 0) is 0 Å². The average molecular weight is 224 g/mol. The minimum atomic E-state index is -4.49. The average Bonchev–Trinajstić information content (AvgIpc) is 2.14. The van der Waals surface area contributed by atoms with Crippen LogP contribution in [0.2, 0.25) is 0 Å². The van der Waals surface area contributed by atoms with Crippen LogP contribution in [0.1, 0.15) is 6.42 Å². The first-order valence-corrected chi connectivity index (χ1v) is 4.33. The lowest BCUT2D eigenvalue weighted by Gasteiger charge is -2.15. The number of alkyl halides is 3. The first-order chi connectivity index (χ1) is 6.97. The predicted octanol–water partition coefficient (Wildman–Crippen LogP) is -0.439. The van der Waals surface area contributed by atoms with Crippen molar-refractivity contribution < 1.29 is 18.0 Å². The lowest BCUT2D eigenvalue weighted by Crippen LogP contribution is -2.48. The number of hydrogen-bond acceptors (Lipinski definition) is 4. The van der Waals surface area contributed by atoms with E-state index in [4.69, 9.17) is 0 Å². The van der Waals surface area contributed by atoms with E-state index in [9.17, 15) is 18.0 Å². The molecule has 0 radical (unpaired) electrons. The summed E-state index contributed by atoms with van der Waals surface area (Å²) in [7, 11) is 0. The van der Waals surface area contributed by atoms with Crippen molar-refractivity contribution in [2.75, 3.05) is 19.6 Å². The molecule has 0 aromatic heterocycles. The highest BCUT2D eigenvalue weighted by molar-refractivity contribution is 5.87. The van der Waals surface area contributed by atoms with Crippen molar-refractivity contribution in [3.63, 3.8) is 0 Å². The maximum Gasteiger partial charge on any atom is 0.397 e. The van der Waals surface area contributed by atoms with Gasteiger partial charge in [0.15, 0.2) is 0 Å². The van der Waals surface area contributed by atoms with Crippen LogP contribution in [0.4, 0.5) is 13.2 Å². The third-order valence-corrected chi connectivity index (χ3v) is 1.59. The molecule has 1 aliphatic heterocycles. The van der Waals surface area contributed by atoms with Crippen molar-refractivity contribution in [2.45, 2.75) is 12.6 Å². The molecule has 0 aromatic carbocycles. The number of nitrogens with one attached hydrogen (secondary N) is 3. The molecule has 8 heteroatoms. The van der Waals surface area contributed by atoms with E-state index in [0.29, 0.717) is 18.9 Å². The fourth-order valence-electron chi connectivity index (χ4n) is 0.984. The molecule has 0 aliphatic carbocycles. The molecule has 1 amide bonds. The minimum absolute atomic E-state index is 0.409. The van der Waals surface area contributed by atoms with Gasteiger partial charge < -0.3 is 5.32 Å². The molecule has 0 bridgehead atoms. The highest BCUT2D eigenvalue weighted by Crippen LogP contribution is 2.18. The zero-order chi connectivity index (χ0) is 11.3. The molecule has 0 spiro atoms. The van der Waals surface area contributed by atoms with Gasteiger partial charge >= 0.3 is 6.18 Å². The Kier molecular flexibility index (Phi) is 3.89. The van der Waals surface area contributed by atoms with Crippen molar-refractivity contribution in [3.8, 4) is 0 Å². The standard InChI is InChI=1S/C7H11F3N4O/c8-7(9,10)3-6(15)14-13-5-4-11-1-2-12-5/h11H,1-4H2,(H,12,13)(H,14,15). The third kappa shape index (κ3) is 5.21. The molecule has 1 aliphatic rings. The zero-order valence-electron chi connectivity index (χ0n) is 7.82. The quantitative estimate of drug-likeness (QED) is 0.529. The van der Waals surface area contributed by atoms with Gasteiger partial charge in [-0.3, -0.25) is 20.6 Å². The molecule has 5 nitrogen and oxygen atoms in total. The first-order valence-electron chi connectivity index (χ1n) is 4.33. The van der Waals surface area contributed by atoms with E-state index in [0.717, 1.165) is 6.54 Å². The summed E-state index contributed by atoms with van der Waals surface area (Å²) in [6, 6.07) is 0. The normalized spacial score (nSPS) is 16.9. The minimum Gasteiger partial charge on any atom is -0.308 e. The number of amidine groups is 1. The molecule has 0 aromatic rings. The summed E-state index contributed by atoms with van der Waals surface area (Å²) in [4.78, 5) is 14.7. The molecule has 15 heavy (non-hydrogen) atoms. The van der Waals surface area contributed by atoms with E-state index in [1.54, 1.807) is 0 Å². The van der Waals surface area contributed by atoms with Gasteiger partial charge in [0.05, 0.1) is 13.1 Å². The molecule has 0 saturated carbocycles. The van der Waals surface area contributed by atoms with Crippen LogP contribution in [-0.2, 0) is 4.79 Å². The first kappa shape index (κ1) is 11.8. The maximum absolute atomic E-state index is 11.7. The molecule has 1 rings (SSSR count). The number of nitrogens with zero attached hydrogens (tertiary/aromatic N) is 1. The summed E-state index contributed by atoms with van der Waals surface area (Å²) in [5.74, 6) is -0.701. The Balaban J connectivity index is 2.24. The molecule has 0 unspecified atom stereocenters. The van der Waals surface area contributed by atoms with E-state index in [1.165, 1.54) is 0 Å². The summed E-state index contributed by atoms with van der Waals surface area (Å²) in [6.45, 7) is 1.67. The van der Waals surface area contributed by atoms with Gasteiger partial charge in [0.2, 0.25) is 5.91 Å². The van der Waals surface area contributed by atoms with Crippen molar-refractivity contribution in [1.82, 2.24) is 16.2 Å². The number of hydrogen-bond donors (Lipinski definition) is 3. The Bertz CT molecular complexity index is 263. The van der Waals surface area contributed by atoms with Gasteiger partial charge in [-0.15, -0.1) is 0 Å².